The van der Waals surface area contributed by atoms with E-state index in [-0.39, 0.29) is 43.5 Å². The number of urea groups is 1. The number of pyridine rings is 1. The van der Waals surface area contributed by atoms with E-state index in [0.717, 1.165) is 12.1 Å². The third-order valence-electron chi connectivity index (χ3n) is 6.97. The number of ether oxygens (including phenoxy) is 1. The van der Waals surface area contributed by atoms with E-state index in [4.69, 9.17) is 4.74 Å². The van der Waals surface area contributed by atoms with Gasteiger partial charge in [-0.25, -0.2) is 28.5 Å². The molecule has 2 amide bonds. The summed E-state index contributed by atoms with van der Waals surface area (Å²) in [6, 6.07) is 5.28. The first kappa shape index (κ1) is 30.1. The monoisotopic (exact) mass is 579 g/mol. The van der Waals surface area contributed by atoms with Crippen molar-refractivity contribution in [1.29, 1.82) is 0 Å². The minimum absolute atomic E-state index is 0.0366. The fraction of sp³-hybridized carbons (Fsp3) is 0.429. The van der Waals surface area contributed by atoms with Crippen LogP contribution in [0.1, 0.15) is 65.8 Å². The Morgan fingerprint density at radius 1 is 1.10 bits per heavy atom. The van der Waals surface area contributed by atoms with Crippen molar-refractivity contribution < 1.29 is 36.6 Å². The van der Waals surface area contributed by atoms with Crippen molar-refractivity contribution in [1.82, 2.24) is 19.9 Å². The highest BCUT2D eigenvalue weighted by Gasteiger charge is 2.36. The van der Waals surface area contributed by atoms with Gasteiger partial charge >= 0.3 is 12.2 Å². The first-order valence-electron chi connectivity index (χ1n) is 13.1. The first-order chi connectivity index (χ1) is 19.4. The number of aromatic nitrogens is 3. The molecule has 0 spiro atoms. The summed E-state index contributed by atoms with van der Waals surface area (Å²) in [5, 5.41) is 13.3. The van der Waals surface area contributed by atoms with Crippen LogP contribution in [-0.4, -0.2) is 50.7 Å². The molecule has 41 heavy (non-hydrogen) atoms. The number of piperidine rings is 1. The number of rotatable bonds is 7. The Morgan fingerprint density at radius 2 is 1.76 bits per heavy atom. The fourth-order valence-electron chi connectivity index (χ4n) is 4.96. The number of nitrogens with one attached hydrogen (secondary N) is 1. The molecule has 3 heterocycles. The lowest BCUT2D eigenvalue weighted by Crippen LogP contribution is -2.41. The number of amides is 2. The molecule has 1 fully saturated rings. The molecule has 2 N–H and O–H groups in total. The normalized spacial score (nSPS) is 15.1. The minimum atomic E-state index is -4.65. The lowest BCUT2D eigenvalue weighted by molar-refractivity contribution is -0.142. The van der Waals surface area contributed by atoms with Gasteiger partial charge in [0, 0.05) is 36.3 Å². The van der Waals surface area contributed by atoms with E-state index in [1.165, 1.54) is 23.1 Å². The zero-order valence-corrected chi connectivity index (χ0v) is 22.7. The van der Waals surface area contributed by atoms with Crippen LogP contribution in [0.4, 0.5) is 32.4 Å². The van der Waals surface area contributed by atoms with Gasteiger partial charge in [-0.2, -0.15) is 13.2 Å². The van der Waals surface area contributed by atoms with Gasteiger partial charge in [0.25, 0.3) is 0 Å². The molecule has 1 atom stereocenters. The van der Waals surface area contributed by atoms with Crippen LogP contribution in [0.5, 0.6) is 5.88 Å². The summed E-state index contributed by atoms with van der Waals surface area (Å²) in [5.74, 6) is -1.75. The number of aliphatic hydroxyl groups excluding tert-OH is 1. The molecule has 3 aromatic rings. The molecular formula is C28H30F5N5O3. The van der Waals surface area contributed by atoms with Gasteiger partial charge in [0.1, 0.15) is 35.9 Å². The van der Waals surface area contributed by atoms with Crippen molar-refractivity contribution >= 4 is 11.7 Å². The molecule has 1 unspecified atom stereocenters. The SMILES string of the molecule is CCc1ccc(OCC(O)c2c(C)nc(C)nc2C2CCN(C(=O)Nc3c(F)cccc3F)CC2)nc1C(F)(F)F. The van der Waals surface area contributed by atoms with Crippen molar-refractivity contribution in [3.8, 4) is 5.88 Å². The number of nitrogens with zero attached hydrogens (tertiary/aromatic N) is 4. The van der Waals surface area contributed by atoms with Crippen LogP contribution in [0.3, 0.4) is 0 Å². The number of alkyl halides is 3. The second-order valence-electron chi connectivity index (χ2n) is 9.78. The van der Waals surface area contributed by atoms with Crippen LogP contribution < -0.4 is 10.1 Å². The van der Waals surface area contributed by atoms with Gasteiger partial charge in [0.05, 0.1) is 5.69 Å². The third-order valence-corrected chi connectivity index (χ3v) is 6.97. The topological polar surface area (TPSA) is 100 Å². The molecule has 1 saturated heterocycles. The number of benzene rings is 1. The van der Waals surface area contributed by atoms with Gasteiger partial charge in [0.15, 0.2) is 5.69 Å². The highest BCUT2D eigenvalue weighted by molar-refractivity contribution is 5.89. The number of para-hydroxylation sites is 1. The van der Waals surface area contributed by atoms with Crippen molar-refractivity contribution in [2.45, 2.75) is 58.2 Å². The van der Waals surface area contributed by atoms with Crippen molar-refractivity contribution in [2.75, 3.05) is 25.0 Å². The Bertz CT molecular complexity index is 1390. The zero-order valence-electron chi connectivity index (χ0n) is 22.7. The van der Waals surface area contributed by atoms with E-state index in [0.29, 0.717) is 35.6 Å². The molecule has 1 aliphatic heterocycles. The number of anilines is 1. The number of hydrogen-bond acceptors (Lipinski definition) is 6. The Hall–Kier alpha value is -3.87. The Morgan fingerprint density at radius 3 is 2.37 bits per heavy atom. The largest absolute Gasteiger partial charge is 0.475 e. The molecule has 0 radical (unpaired) electrons. The van der Waals surface area contributed by atoms with E-state index >= 15 is 0 Å². The van der Waals surface area contributed by atoms with Crippen molar-refractivity contribution in [2.24, 2.45) is 0 Å². The molecule has 220 valence electrons. The van der Waals surface area contributed by atoms with E-state index < -0.39 is 41.3 Å². The molecule has 0 aliphatic carbocycles. The predicted molar refractivity (Wildman–Crippen MR) is 140 cm³/mol. The summed E-state index contributed by atoms with van der Waals surface area (Å²) in [4.78, 5) is 26.6. The molecule has 1 aliphatic rings. The highest BCUT2D eigenvalue weighted by Crippen LogP contribution is 2.35. The molecular weight excluding hydrogens is 549 g/mol. The van der Waals surface area contributed by atoms with Crippen molar-refractivity contribution in [3.63, 3.8) is 0 Å². The molecule has 2 aromatic heterocycles. The summed E-state index contributed by atoms with van der Waals surface area (Å²) in [5.41, 5.74) is -0.0762. The second kappa shape index (κ2) is 12.3. The molecule has 13 heteroatoms. The zero-order chi connectivity index (χ0) is 29.9. The van der Waals surface area contributed by atoms with Gasteiger partial charge in [-0.1, -0.05) is 19.1 Å². The maximum Gasteiger partial charge on any atom is 0.433 e. The minimum Gasteiger partial charge on any atom is -0.475 e. The van der Waals surface area contributed by atoms with Crippen LogP contribution in [-0.2, 0) is 12.6 Å². The fourth-order valence-corrected chi connectivity index (χ4v) is 4.96. The maximum atomic E-state index is 14.0. The average molecular weight is 580 g/mol. The number of likely N-dealkylation sites (tertiary alicyclic amines) is 1. The third kappa shape index (κ3) is 6.89. The standard InChI is InChI=1S/C28H30F5N5O3/c1-4-17-8-9-22(36-26(17)28(31,32)33)41-14-21(39)23-15(2)34-16(3)35-24(23)18-10-12-38(13-11-18)27(40)37-25-19(29)6-5-7-20(25)30/h5-9,18,21,39H,4,10-14H2,1-3H3,(H,37,40). The van der Waals surface area contributed by atoms with Crippen molar-refractivity contribution in [3.05, 3.63) is 76.0 Å². The van der Waals surface area contributed by atoms with E-state index in [1.807, 2.05) is 0 Å². The van der Waals surface area contributed by atoms with Gasteiger partial charge in [-0.05, 0) is 50.8 Å². The first-order valence-corrected chi connectivity index (χ1v) is 13.1. The molecule has 8 nitrogen and oxygen atoms in total. The van der Waals surface area contributed by atoms with Gasteiger partial charge < -0.3 is 20.1 Å². The molecule has 0 bridgehead atoms. The highest BCUT2D eigenvalue weighted by atomic mass is 19.4. The van der Waals surface area contributed by atoms with Crippen LogP contribution in [0.2, 0.25) is 0 Å². The second-order valence-corrected chi connectivity index (χ2v) is 9.78. The number of hydrogen-bond donors (Lipinski definition) is 2. The van der Waals surface area contributed by atoms with E-state index in [9.17, 15) is 31.9 Å². The molecule has 4 rings (SSSR count). The Kier molecular flexibility index (Phi) is 9.05. The van der Waals surface area contributed by atoms with E-state index in [2.05, 4.69) is 20.3 Å². The summed E-state index contributed by atoms with van der Waals surface area (Å²) in [6.07, 6.45) is -4.88. The van der Waals surface area contributed by atoms with Crippen LogP contribution in [0.15, 0.2) is 30.3 Å². The summed E-state index contributed by atoms with van der Waals surface area (Å²) >= 11 is 0. The number of carbonyl (C=O) groups excluding carboxylic acids is 1. The number of aryl methyl sites for hydroxylation is 3. The maximum absolute atomic E-state index is 14.0. The number of halogens is 5. The van der Waals surface area contributed by atoms with E-state index in [1.54, 1.807) is 20.8 Å². The quantitative estimate of drug-likeness (QED) is 0.340. The van der Waals surface area contributed by atoms with Gasteiger partial charge in [-0.3, -0.25) is 0 Å². The van der Waals surface area contributed by atoms with Crippen LogP contribution in [0, 0.1) is 25.5 Å². The summed E-state index contributed by atoms with van der Waals surface area (Å²) < 4.78 is 73.6. The number of aliphatic hydroxyl groups is 1. The lowest BCUT2D eigenvalue weighted by Gasteiger charge is -2.33. The Balaban J connectivity index is 1.46. The average Bonchev–Trinajstić information content (AvgIpc) is 2.92. The smallest absolute Gasteiger partial charge is 0.433 e. The number of carbonyl (C=O) groups is 1. The molecule has 0 saturated carbocycles. The van der Waals surface area contributed by atoms with Crippen LogP contribution in [0.25, 0.3) is 0 Å². The summed E-state index contributed by atoms with van der Waals surface area (Å²) in [7, 11) is 0. The van der Waals surface area contributed by atoms with Gasteiger partial charge in [-0.15, -0.1) is 0 Å². The predicted octanol–water partition coefficient (Wildman–Crippen LogP) is 5.87. The van der Waals surface area contributed by atoms with Gasteiger partial charge in [0.2, 0.25) is 5.88 Å². The lowest BCUT2D eigenvalue weighted by atomic mass is 9.88. The molecule has 1 aromatic carbocycles. The Labute approximate surface area is 233 Å². The van der Waals surface area contributed by atoms with Crippen LogP contribution >= 0.6 is 0 Å². The summed E-state index contributed by atoms with van der Waals surface area (Å²) in [6.45, 7) is 5.12.